The summed E-state index contributed by atoms with van der Waals surface area (Å²) in [5, 5.41) is 7.75. The van der Waals surface area contributed by atoms with E-state index in [-0.39, 0.29) is 5.82 Å². The Morgan fingerprint density at radius 1 is 1.41 bits per heavy atom. The Morgan fingerprint density at radius 3 is 3.12 bits per heavy atom. The van der Waals surface area contributed by atoms with Crippen LogP contribution in [-0.4, -0.2) is 35.2 Å². The van der Waals surface area contributed by atoms with Crippen LogP contribution in [0.5, 0.6) is 0 Å². The number of hydrogen-bond acceptors (Lipinski definition) is 2. The molecule has 1 aliphatic rings. The van der Waals surface area contributed by atoms with Crippen LogP contribution < -0.4 is 0 Å². The highest BCUT2D eigenvalue weighted by molar-refractivity contribution is 5.91. The highest BCUT2D eigenvalue weighted by Crippen LogP contribution is 2.27. The van der Waals surface area contributed by atoms with Crippen molar-refractivity contribution in [3.8, 4) is 0 Å². The number of hydrogen-bond donors (Lipinski definition) is 1. The first-order valence-corrected chi connectivity index (χ1v) is 5.76. The molecule has 0 amide bonds. The fraction of sp³-hybridized carbons (Fsp3) is 0.308. The molecule has 0 fully saturated rings. The van der Waals surface area contributed by atoms with Crippen molar-refractivity contribution in [2.24, 2.45) is 0 Å². The molecule has 0 radical (unpaired) electrons. The van der Waals surface area contributed by atoms with E-state index in [4.69, 9.17) is 0 Å². The normalized spacial score (nSPS) is 17.4. The molecule has 1 N–H and O–H groups in total. The maximum atomic E-state index is 13.8. The topological polar surface area (TPSA) is 31.9 Å². The summed E-state index contributed by atoms with van der Waals surface area (Å²) in [6.45, 7) is 1.88. The van der Waals surface area contributed by atoms with Crippen molar-refractivity contribution in [1.82, 2.24) is 15.1 Å². The van der Waals surface area contributed by atoms with Gasteiger partial charge in [-0.2, -0.15) is 5.10 Å². The number of rotatable bonds is 1. The predicted molar refractivity (Wildman–Crippen MR) is 66.1 cm³/mol. The predicted octanol–water partition coefficient (Wildman–Crippen LogP) is 2.42. The van der Waals surface area contributed by atoms with Crippen LogP contribution in [-0.2, 0) is 0 Å². The van der Waals surface area contributed by atoms with E-state index < -0.39 is 0 Å². The Hall–Kier alpha value is -1.68. The van der Waals surface area contributed by atoms with Crippen LogP contribution in [0.2, 0.25) is 0 Å². The Morgan fingerprint density at radius 2 is 2.29 bits per heavy atom. The SMILES string of the molecule is CN1CCC=C(c2n[nH]c3cccc(F)c23)C1. The standard InChI is InChI=1S/C13H14FN3/c1-17-7-3-4-9(8-17)13-12-10(14)5-2-6-11(12)15-16-13/h2,4-6H,3,7-8H2,1H3,(H,15,16). The van der Waals surface area contributed by atoms with Crippen molar-refractivity contribution >= 4 is 16.5 Å². The lowest BCUT2D eigenvalue weighted by molar-refractivity contribution is 0.372. The van der Waals surface area contributed by atoms with Gasteiger partial charge in [-0.25, -0.2) is 4.39 Å². The number of aromatic amines is 1. The summed E-state index contributed by atoms with van der Waals surface area (Å²) in [5.74, 6) is -0.208. The fourth-order valence-corrected chi connectivity index (χ4v) is 2.33. The number of aromatic nitrogens is 2. The first-order valence-electron chi connectivity index (χ1n) is 5.76. The van der Waals surface area contributed by atoms with Gasteiger partial charge in [-0.05, 0) is 31.2 Å². The van der Waals surface area contributed by atoms with Gasteiger partial charge in [0.1, 0.15) is 5.82 Å². The zero-order valence-corrected chi connectivity index (χ0v) is 9.70. The molecular weight excluding hydrogens is 217 g/mol. The van der Waals surface area contributed by atoms with Crippen LogP contribution in [0.25, 0.3) is 16.5 Å². The molecule has 1 aromatic carbocycles. The van der Waals surface area contributed by atoms with Gasteiger partial charge in [0.15, 0.2) is 0 Å². The minimum absolute atomic E-state index is 0.208. The number of nitrogens with one attached hydrogen (secondary N) is 1. The van der Waals surface area contributed by atoms with Crippen LogP contribution in [0, 0.1) is 5.82 Å². The van der Waals surface area contributed by atoms with Crippen molar-refractivity contribution in [3.05, 3.63) is 35.8 Å². The summed E-state index contributed by atoms with van der Waals surface area (Å²) in [6, 6.07) is 5.03. The molecule has 0 aliphatic carbocycles. The Bertz CT molecular complexity index is 585. The van der Waals surface area contributed by atoms with Gasteiger partial charge in [0, 0.05) is 13.1 Å². The summed E-state index contributed by atoms with van der Waals surface area (Å²) >= 11 is 0. The minimum Gasteiger partial charge on any atom is -0.302 e. The zero-order valence-electron chi connectivity index (χ0n) is 9.70. The lowest BCUT2D eigenvalue weighted by Crippen LogP contribution is -2.25. The summed E-state index contributed by atoms with van der Waals surface area (Å²) < 4.78 is 13.8. The van der Waals surface area contributed by atoms with Crippen LogP contribution in [0.1, 0.15) is 12.1 Å². The van der Waals surface area contributed by atoms with E-state index in [0.717, 1.165) is 36.3 Å². The van der Waals surface area contributed by atoms with E-state index in [1.165, 1.54) is 6.07 Å². The molecule has 0 atom stereocenters. The molecule has 4 heteroatoms. The molecule has 3 rings (SSSR count). The first kappa shape index (κ1) is 10.5. The third-order valence-electron chi connectivity index (χ3n) is 3.18. The van der Waals surface area contributed by atoms with Crippen molar-refractivity contribution in [1.29, 1.82) is 0 Å². The fourth-order valence-electron chi connectivity index (χ4n) is 2.33. The zero-order chi connectivity index (χ0) is 11.8. The quantitative estimate of drug-likeness (QED) is 0.817. The molecule has 17 heavy (non-hydrogen) atoms. The second-order valence-corrected chi connectivity index (χ2v) is 4.49. The number of nitrogens with zero attached hydrogens (tertiary/aromatic N) is 2. The summed E-state index contributed by atoms with van der Waals surface area (Å²) in [7, 11) is 2.07. The van der Waals surface area contributed by atoms with Crippen molar-refractivity contribution in [2.45, 2.75) is 6.42 Å². The number of likely N-dealkylation sites (N-methyl/N-ethyl adjacent to an activating group) is 1. The monoisotopic (exact) mass is 231 g/mol. The van der Waals surface area contributed by atoms with E-state index >= 15 is 0 Å². The molecule has 0 saturated carbocycles. The molecule has 0 unspecified atom stereocenters. The van der Waals surface area contributed by atoms with Gasteiger partial charge in [0.2, 0.25) is 0 Å². The Labute approximate surface area is 98.9 Å². The van der Waals surface area contributed by atoms with Gasteiger partial charge in [-0.1, -0.05) is 12.1 Å². The Kier molecular flexibility index (Phi) is 2.44. The lowest BCUT2D eigenvalue weighted by atomic mass is 10.0. The summed E-state index contributed by atoms with van der Waals surface area (Å²) in [6.07, 6.45) is 3.15. The number of halogens is 1. The second-order valence-electron chi connectivity index (χ2n) is 4.49. The molecular formula is C13H14FN3. The number of H-pyrrole nitrogens is 1. The van der Waals surface area contributed by atoms with Gasteiger partial charge in [-0.3, -0.25) is 5.10 Å². The average Bonchev–Trinajstić information content (AvgIpc) is 2.74. The van der Waals surface area contributed by atoms with Crippen LogP contribution >= 0.6 is 0 Å². The summed E-state index contributed by atoms with van der Waals surface area (Å²) in [5.41, 5.74) is 2.62. The number of fused-ring (bicyclic) bond motifs is 1. The molecule has 0 spiro atoms. The smallest absolute Gasteiger partial charge is 0.134 e. The number of benzene rings is 1. The highest BCUT2D eigenvalue weighted by atomic mass is 19.1. The molecule has 0 bridgehead atoms. The second kappa shape index (κ2) is 3.96. The van der Waals surface area contributed by atoms with Gasteiger partial charge in [0.25, 0.3) is 0 Å². The maximum Gasteiger partial charge on any atom is 0.134 e. The third-order valence-corrected chi connectivity index (χ3v) is 3.18. The van der Waals surface area contributed by atoms with Gasteiger partial charge in [-0.15, -0.1) is 0 Å². The van der Waals surface area contributed by atoms with E-state index in [2.05, 4.69) is 28.2 Å². The third kappa shape index (κ3) is 1.74. The molecule has 1 aromatic heterocycles. The average molecular weight is 231 g/mol. The molecule has 1 aliphatic heterocycles. The van der Waals surface area contributed by atoms with Crippen molar-refractivity contribution < 1.29 is 4.39 Å². The van der Waals surface area contributed by atoms with Gasteiger partial charge in [0.05, 0.1) is 16.6 Å². The van der Waals surface area contributed by atoms with E-state index in [1.54, 1.807) is 6.07 Å². The van der Waals surface area contributed by atoms with Crippen LogP contribution in [0.3, 0.4) is 0 Å². The first-order chi connectivity index (χ1) is 8.25. The summed E-state index contributed by atoms with van der Waals surface area (Å²) in [4.78, 5) is 2.22. The van der Waals surface area contributed by atoms with Crippen molar-refractivity contribution in [2.75, 3.05) is 20.1 Å². The molecule has 2 heterocycles. The van der Waals surface area contributed by atoms with Crippen LogP contribution in [0.4, 0.5) is 4.39 Å². The molecule has 88 valence electrons. The van der Waals surface area contributed by atoms with Gasteiger partial charge < -0.3 is 4.90 Å². The van der Waals surface area contributed by atoms with Crippen LogP contribution in [0.15, 0.2) is 24.3 Å². The lowest BCUT2D eigenvalue weighted by Gasteiger charge is -2.22. The van der Waals surface area contributed by atoms with Gasteiger partial charge >= 0.3 is 0 Å². The largest absolute Gasteiger partial charge is 0.302 e. The maximum absolute atomic E-state index is 13.8. The molecule has 2 aromatic rings. The molecule has 3 nitrogen and oxygen atoms in total. The van der Waals surface area contributed by atoms with Crippen molar-refractivity contribution in [3.63, 3.8) is 0 Å². The van der Waals surface area contributed by atoms with E-state index in [0.29, 0.717) is 5.39 Å². The Balaban J connectivity index is 2.15. The molecule has 0 saturated heterocycles. The highest BCUT2D eigenvalue weighted by Gasteiger charge is 2.17. The minimum atomic E-state index is -0.208. The van der Waals surface area contributed by atoms with E-state index in [1.807, 2.05) is 6.07 Å². The van der Waals surface area contributed by atoms with E-state index in [9.17, 15) is 4.39 Å².